The molecule has 0 aromatic carbocycles. The monoisotopic (exact) mass is 984 g/mol. The molecule has 6 heteroatoms. The van der Waals surface area contributed by atoms with Crippen molar-refractivity contribution in [2.24, 2.45) is 0 Å². The largest absolute Gasteiger partial charge is 0.466 e. The number of aliphatic hydroxyl groups excluding tert-OH is 2. The number of carbonyl (C=O) groups is 2. The van der Waals surface area contributed by atoms with E-state index in [2.05, 4.69) is 43.5 Å². The van der Waals surface area contributed by atoms with Crippen LogP contribution in [0.25, 0.3) is 0 Å². The predicted molar refractivity (Wildman–Crippen MR) is 306 cm³/mol. The van der Waals surface area contributed by atoms with E-state index in [4.69, 9.17) is 4.74 Å². The molecule has 0 fully saturated rings. The van der Waals surface area contributed by atoms with Crippen molar-refractivity contribution in [3.63, 3.8) is 0 Å². The second-order valence-electron chi connectivity index (χ2n) is 21.4. The lowest BCUT2D eigenvalue weighted by molar-refractivity contribution is -0.143. The Labute approximate surface area is 436 Å². The first-order valence-corrected chi connectivity index (χ1v) is 31.3. The number of rotatable bonds is 58. The summed E-state index contributed by atoms with van der Waals surface area (Å²) in [6.07, 6.45) is 74.7. The van der Waals surface area contributed by atoms with E-state index in [0.717, 1.165) is 44.9 Å². The fraction of sp³-hybridized carbons (Fsp3) is 0.875. The molecule has 0 aromatic rings. The first kappa shape index (κ1) is 68.1. The molecule has 0 rings (SSSR count). The molecule has 0 aromatic heterocycles. The molecule has 1 amide bonds. The zero-order chi connectivity index (χ0) is 50.7. The van der Waals surface area contributed by atoms with Crippen molar-refractivity contribution < 1.29 is 24.5 Å². The summed E-state index contributed by atoms with van der Waals surface area (Å²) in [5, 5.41) is 23.1. The molecule has 3 N–H and O–H groups in total. The maximum Gasteiger partial charge on any atom is 0.305 e. The standard InChI is InChI=1S/C64H121NO5/c1-3-5-7-9-11-13-15-17-18-29-33-36-40-44-48-52-56-62(67)61(60-66)65-63(68)57-53-49-45-41-37-34-30-27-25-23-21-19-20-22-24-26-28-31-35-39-43-47-51-55-59-70-64(69)58-54-50-46-42-38-32-16-14-12-10-8-6-4-2/h14,16,21,23,52,56,61-62,66-67H,3-13,15,17-20,22,24-51,53-55,57-60H2,1-2H3,(H,65,68)/b16-14-,23-21-,56-52+. The SMILES string of the molecule is CCCCCC/C=C\CCCCCCCC(=O)OCCCCCCCCCCCCCC/C=C\CCCCCCCCCCC(=O)NC(CO)C(O)/C=C/CCCCCCCCCCCCCCCC. The van der Waals surface area contributed by atoms with Crippen LogP contribution in [-0.4, -0.2) is 47.4 Å². The molecule has 6 nitrogen and oxygen atoms in total. The smallest absolute Gasteiger partial charge is 0.305 e. The number of esters is 1. The summed E-state index contributed by atoms with van der Waals surface area (Å²) in [7, 11) is 0. The molecule has 2 unspecified atom stereocenters. The Balaban J connectivity index is 3.43. The van der Waals surface area contributed by atoms with Gasteiger partial charge in [0, 0.05) is 12.8 Å². The Morgan fingerprint density at radius 2 is 0.671 bits per heavy atom. The Kier molecular flexibility index (Phi) is 58.0. The topological polar surface area (TPSA) is 95.9 Å². The molecule has 2 atom stereocenters. The minimum Gasteiger partial charge on any atom is -0.466 e. The molecule has 0 radical (unpaired) electrons. The molecule has 0 aliphatic rings. The molecular formula is C64H121NO5. The van der Waals surface area contributed by atoms with E-state index in [-0.39, 0.29) is 18.5 Å². The highest BCUT2D eigenvalue weighted by Crippen LogP contribution is 2.17. The van der Waals surface area contributed by atoms with Gasteiger partial charge in [-0.3, -0.25) is 9.59 Å². The van der Waals surface area contributed by atoms with Crippen LogP contribution in [0.5, 0.6) is 0 Å². The number of unbranched alkanes of at least 4 members (excludes halogenated alkanes) is 43. The normalized spacial score (nSPS) is 12.8. The van der Waals surface area contributed by atoms with Gasteiger partial charge >= 0.3 is 5.97 Å². The number of ether oxygens (including phenoxy) is 1. The van der Waals surface area contributed by atoms with Crippen LogP contribution in [0.1, 0.15) is 335 Å². The van der Waals surface area contributed by atoms with Crippen molar-refractivity contribution in [3.05, 3.63) is 36.5 Å². The average Bonchev–Trinajstić information content (AvgIpc) is 3.36. The lowest BCUT2D eigenvalue weighted by Crippen LogP contribution is -2.45. The minimum atomic E-state index is -0.847. The third-order valence-corrected chi connectivity index (χ3v) is 14.4. The van der Waals surface area contributed by atoms with Crippen LogP contribution < -0.4 is 5.32 Å². The number of aliphatic hydroxyl groups is 2. The lowest BCUT2D eigenvalue weighted by Gasteiger charge is -2.20. The lowest BCUT2D eigenvalue weighted by atomic mass is 10.0. The second kappa shape index (κ2) is 59.6. The van der Waals surface area contributed by atoms with Crippen molar-refractivity contribution in [2.75, 3.05) is 13.2 Å². The van der Waals surface area contributed by atoms with Crippen molar-refractivity contribution in [1.29, 1.82) is 0 Å². The van der Waals surface area contributed by atoms with Gasteiger partial charge in [-0.2, -0.15) is 0 Å². The van der Waals surface area contributed by atoms with Crippen LogP contribution in [0.3, 0.4) is 0 Å². The van der Waals surface area contributed by atoms with Gasteiger partial charge in [-0.1, -0.05) is 275 Å². The zero-order valence-electron chi connectivity index (χ0n) is 47.0. The summed E-state index contributed by atoms with van der Waals surface area (Å²) >= 11 is 0. The molecule has 0 aliphatic carbocycles. The van der Waals surface area contributed by atoms with Crippen molar-refractivity contribution in [1.82, 2.24) is 5.32 Å². The maximum atomic E-state index is 12.5. The van der Waals surface area contributed by atoms with Crippen molar-refractivity contribution in [3.8, 4) is 0 Å². The number of carbonyl (C=O) groups excluding carboxylic acids is 2. The second-order valence-corrected chi connectivity index (χ2v) is 21.4. The molecule has 0 bridgehead atoms. The van der Waals surface area contributed by atoms with Gasteiger partial charge in [0.2, 0.25) is 5.91 Å². The fourth-order valence-corrected chi connectivity index (χ4v) is 9.57. The van der Waals surface area contributed by atoms with Crippen molar-refractivity contribution >= 4 is 11.9 Å². The molecular weight excluding hydrogens is 863 g/mol. The van der Waals surface area contributed by atoms with Crippen LogP contribution in [0.2, 0.25) is 0 Å². The van der Waals surface area contributed by atoms with Gasteiger partial charge in [-0.15, -0.1) is 0 Å². The summed E-state index contributed by atoms with van der Waals surface area (Å²) < 4.78 is 5.47. The highest BCUT2D eigenvalue weighted by molar-refractivity contribution is 5.76. The van der Waals surface area contributed by atoms with Crippen LogP contribution in [0.4, 0.5) is 0 Å². The summed E-state index contributed by atoms with van der Waals surface area (Å²) in [5.41, 5.74) is 0. The number of nitrogens with one attached hydrogen (secondary N) is 1. The van der Waals surface area contributed by atoms with Gasteiger partial charge in [-0.05, 0) is 83.5 Å². The summed E-state index contributed by atoms with van der Waals surface area (Å²) in [5.74, 6) is -0.0684. The van der Waals surface area contributed by atoms with E-state index in [9.17, 15) is 19.8 Å². The Hall–Kier alpha value is -1.92. The third kappa shape index (κ3) is 55.4. The molecule has 0 saturated carbocycles. The van der Waals surface area contributed by atoms with E-state index < -0.39 is 12.1 Å². The van der Waals surface area contributed by atoms with Gasteiger partial charge in [-0.25, -0.2) is 0 Å². The number of hydrogen-bond acceptors (Lipinski definition) is 5. The Morgan fingerprint density at radius 3 is 1.03 bits per heavy atom. The number of allylic oxidation sites excluding steroid dienone is 5. The van der Waals surface area contributed by atoms with E-state index in [0.29, 0.717) is 19.4 Å². The molecule has 0 aliphatic heterocycles. The van der Waals surface area contributed by atoms with Crippen LogP contribution in [0.15, 0.2) is 36.5 Å². The first-order valence-electron chi connectivity index (χ1n) is 31.3. The molecule has 412 valence electrons. The van der Waals surface area contributed by atoms with Gasteiger partial charge in [0.25, 0.3) is 0 Å². The van der Waals surface area contributed by atoms with Crippen LogP contribution in [0, 0.1) is 0 Å². The average molecular weight is 985 g/mol. The number of hydrogen-bond donors (Lipinski definition) is 3. The minimum absolute atomic E-state index is 0.00273. The Morgan fingerprint density at radius 1 is 0.386 bits per heavy atom. The summed E-state index contributed by atoms with van der Waals surface area (Å²) in [4.78, 5) is 24.5. The van der Waals surface area contributed by atoms with Crippen molar-refractivity contribution in [2.45, 2.75) is 347 Å². The quantitative estimate of drug-likeness (QED) is 0.0321. The highest BCUT2D eigenvalue weighted by atomic mass is 16.5. The molecule has 0 spiro atoms. The van der Waals surface area contributed by atoms with Gasteiger partial charge in [0.05, 0.1) is 25.4 Å². The summed E-state index contributed by atoms with van der Waals surface area (Å²) in [6.45, 7) is 4.90. The maximum absolute atomic E-state index is 12.5. The fourth-order valence-electron chi connectivity index (χ4n) is 9.57. The van der Waals surface area contributed by atoms with Gasteiger partial charge in [0.1, 0.15) is 0 Å². The van der Waals surface area contributed by atoms with E-state index >= 15 is 0 Å². The highest BCUT2D eigenvalue weighted by Gasteiger charge is 2.18. The molecule has 0 saturated heterocycles. The third-order valence-electron chi connectivity index (χ3n) is 14.4. The molecule has 70 heavy (non-hydrogen) atoms. The Bertz CT molecular complexity index is 1130. The van der Waals surface area contributed by atoms with Gasteiger partial charge in [0.15, 0.2) is 0 Å². The first-order chi connectivity index (χ1) is 34.5. The zero-order valence-corrected chi connectivity index (χ0v) is 47.0. The van der Waals surface area contributed by atoms with E-state index in [1.807, 2.05) is 6.08 Å². The number of amides is 1. The van der Waals surface area contributed by atoms with E-state index in [1.54, 1.807) is 6.08 Å². The predicted octanol–water partition coefficient (Wildman–Crippen LogP) is 19.6. The van der Waals surface area contributed by atoms with E-state index in [1.165, 1.54) is 263 Å². The van der Waals surface area contributed by atoms with Crippen LogP contribution >= 0.6 is 0 Å². The van der Waals surface area contributed by atoms with Gasteiger partial charge < -0.3 is 20.3 Å². The molecule has 0 heterocycles. The van der Waals surface area contributed by atoms with Crippen LogP contribution in [-0.2, 0) is 14.3 Å². The summed E-state index contributed by atoms with van der Waals surface area (Å²) in [6, 6.07) is -0.631.